The van der Waals surface area contributed by atoms with Gasteiger partial charge >= 0.3 is 10.4 Å². The van der Waals surface area contributed by atoms with Crippen molar-refractivity contribution >= 4 is 22.3 Å². The molecule has 0 aromatic heterocycles. The Bertz CT molecular complexity index is 346. The lowest BCUT2D eigenvalue weighted by Crippen LogP contribution is -2.32. The fourth-order valence-corrected chi connectivity index (χ4v) is 0.897. The first-order valence-electron chi connectivity index (χ1n) is 5.56. The highest BCUT2D eigenvalue weighted by molar-refractivity contribution is 7.79. The second kappa shape index (κ2) is 12.4. The van der Waals surface area contributed by atoms with Gasteiger partial charge in [0.1, 0.15) is 0 Å². The normalized spacial score (nSPS) is 10.1. The van der Waals surface area contributed by atoms with E-state index in [1.54, 1.807) is 0 Å². The molecule has 11 nitrogen and oxygen atoms in total. The van der Waals surface area contributed by atoms with Gasteiger partial charge in [0.15, 0.2) is 11.9 Å². The monoisotopic (exact) mass is 314 g/mol. The summed E-state index contributed by atoms with van der Waals surface area (Å²) in [6.45, 7) is 2.59. The quantitative estimate of drug-likeness (QED) is 0.109. The first-order valence-corrected chi connectivity index (χ1v) is 6.96. The van der Waals surface area contributed by atoms with E-state index in [9.17, 15) is 0 Å². The fraction of sp³-hybridized carbons (Fsp3) is 0.750. The summed E-state index contributed by atoms with van der Waals surface area (Å²) in [5.41, 5.74) is 10.2. The number of hydrogen-bond acceptors (Lipinski definition) is 5. The van der Waals surface area contributed by atoms with Crippen molar-refractivity contribution in [3.05, 3.63) is 0 Å². The Labute approximate surface area is 117 Å². The minimum atomic E-state index is -4.67. The Hall–Kier alpha value is -1.63. The van der Waals surface area contributed by atoms with E-state index >= 15 is 0 Å². The second-order valence-electron chi connectivity index (χ2n) is 3.45. The molecular formula is C8H22N6O5S. The van der Waals surface area contributed by atoms with Gasteiger partial charge in [0, 0.05) is 26.3 Å². The molecule has 0 unspecified atom stereocenters. The van der Waals surface area contributed by atoms with Crippen LogP contribution in [-0.2, 0) is 15.1 Å². The van der Waals surface area contributed by atoms with E-state index in [1.807, 2.05) is 0 Å². The average Bonchev–Trinajstić information content (AvgIpc) is 2.23. The van der Waals surface area contributed by atoms with Crippen molar-refractivity contribution in [2.45, 2.75) is 12.8 Å². The van der Waals surface area contributed by atoms with Crippen LogP contribution in [-0.4, -0.2) is 55.7 Å². The van der Waals surface area contributed by atoms with Gasteiger partial charge in [0.25, 0.3) is 0 Å². The van der Waals surface area contributed by atoms with Crippen LogP contribution < -0.4 is 22.1 Å². The van der Waals surface area contributed by atoms with Gasteiger partial charge in [-0.25, -0.2) is 0 Å². The van der Waals surface area contributed by atoms with Crippen LogP contribution in [0.5, 0.6) is 0 Å². The molecule has 0 aliphatic carbocycles. The van der Waals surface area contributed by atoms with E-state index in [-0.39, 0.29) is 11.9 Å². The molecule has 0 spiro atoms. The van der Waals surface area contributed by atoms with Gasteiger partial charge in [0.2, 0.25) is 0 Å². The van der Waals surface area contributed by atoms with Gasteiger partial charge in [-0.3, -0.25) is 19.9 Å². The summed E-state index contributed by atoms with van der Waals surface area (Å²) in [6.07, 6.45) is 1.64. The molecule has 0 bridgehead atoms. The lowest BCUT2D eigenvalue weighted by molar-refractivity contribution is 0.131. The third-order valence-corrected chi connectivity index (χ3v) is 1.56. The second-order valence-corrected chi connectivity index (χ2v) is 4.34. The highest BCUT2D eigenvalue weighted by Gasteiger charge is 1.91. The number of nitrogens with one attached hydrogen (secondary N) is 4. The molecule has 120 valence electrons. The number of rotatable bonds is 8. The zero-order valence-electron chi connectivity index (χ0n) is 10.9. The molecule has 0 radical (unpaired) electrons. The highest BCUT2D eigenvalue weighted by atomic mass is 32.3. The van der Waals surface area contributed by atoms with Crippen molar-refractivity contribution in [2.24, 2.45) is 11.5 Å². The Kier molecular flexibility index (Phi) is 12.8. The van der Waals surface area contributed by atoms with Gasteiger partial charge in [-0.1, -0.05) is 0 Å². The minimum Gasteiger partial charge on any atom is -0.381 e. The molecule has 0 saturated carbocycles. The van der Waals surface area contributed by atoms with E-state index in [1.165, 1.54) is 0 Å². The molecule has 0 atom stereocenters. The summed E-state index contributed by atoms with van der Waals surface area (Å²) in [6, 6.07) is 0. The molecule has 20 heavy (non-hydrogen) atoms. The van der Waals surface area contributed by atoms with E-state index < -0.39 is 10.4 Å². The van der Waals surface area contributed by atoms with Crippen LogP contribution in [0.2, 0.25) is 0 Å². The summed E-state index contributed by atoms with van der Waals surface area (Å²) in [5.74, 6) is -0.0266. The lowest BCUT2D eigenvalue weighted by Gasteiger charge is -2.06. The smallest absolute Gasteiger partial charge is 0.381 e. The van der Waals surface area contributed by atoms with Crippen molar-refractivity contribution in [3.8, 4) is 0 Å². The van der Waals surface area contributed by atoms with Crippen molar-refractivity contribution in [3.63, 3.8) is 0 Å². The van der Waals surface area contributed by atoms with Crippen LogP contribution in [0.15, 0.2) is 0 Å². The first kappa shape index (κ1) is 20.7. The van der Waals surface area contributed by atoms with Gasteiger partial charge in [-0.15, -0.1) is 0 Å². The molecule has 0 aromatic carbocycles. The third kappa shape index (κ3) is 36.0. The maximum Gasteiger partial charge on any atom is 0.394 e. The predicted octanol–water partition coefficient (Wildman–Crippen LogP) is -1.90. The largest absolute Gasteiger partial charge is 0.394 e. The summed E-state index contributed by atoms with van der Waals surface area (Å²) in [5, 5.41) is 19.2. The number of nitrogens with two attached hydrogens (primary N) is 2. The Balaban J connectivity index is 0. The number of guanidine groups is 2. The molecule has 10 N–H and O–H groups in total. The number of hydrogen-bond donors (Lipinski definition) is 8. The van der Waals surface area contributed by atoms with Crippen LogP contribution in [0.4, 0.5) is 0 Å². The molecule has 12 heteroatoms. The summed E-state index contributed by atoms with van der Waals surface area (Å²) in [7, 11) is -4.67. The molecule has 0 aromatic rings. The van der Waals surface area contributed by atoms with Crippen LogP contribution in [0, 0.1) is 10.8 Å². The SMILES string of the molecule is N=C(N)NCCCOCCCNC(=N)N.O=S(=O)(O)O. The standard InChI is InChI=1S/C8H20N6O.H2O4S/c9-7(10)13-3-1-5-15-6-2-4-14-8(11)12;1-5(2,3)4/h1-6H2,(H4,9,10,13)(H4,11,12,14);(H2,1,2,3,4). The Morgan fingerprint density at radius 3 is 1.55 bits per heavy atom. The van der Waals surface area contributed by atoms with Gasteiger partial charge < -0.3 is 26.8 Å². The summed E-state index contributed by atoms with van der Waals surface area (Å²) in [4.78, 5) is 0. The summed E-state index contributed by atoms with van der Waals surface area (Å²) >= 11 is 0. The molecular weight excluding hydrogens is 292 g/mol. The van der Waals surface area contributed by atoms with Crippen molar-refractivity contribution in [2.75, 3.05) is 26.3 Å². The average molecular weight is 314 g/mol. The van der Waals surface area contributed by atoms with Crippen molar-refractivity contribution in [1.29, 1.82) is 10.8 Å². The first-order chi connectivity index (χ1) is 9.13. The zero-order valence-corrected chi connectivity index (χ0v) is 11.7. The highest BCUT2D eigenvalue weighted by Crippen LogP contribution is 1.84. The van der Waals surface area contributed by atoms with Crippen molar-refractivity contribution in [1.82, 2.24) is 10.6 Å². The Morgan fingerprint density at radius 1 is 1.00 bits per heavy atom. The van der Waals surface area contributed by atoms with Gasteiger partial charge in [-0.2, -0.15) is 8.42 Å². The van der Waals surface area contributed by atoms with Crippen LogP contribution in [0.25, 0.3) is 0 Å². The molecule has 0 amide bonds. The van der Waals surface area contributed by atoms with Crippen LogP contribution >= 0.6 is 0 Å². The molecule has 0 aliphatic heterocycles. The van der Waals surface area contributed by atoms with Gasteiger partial charge in [0.05, 0.1) is 0 Å². The Morgan fingerprint density at radius 2 is 1.30 bits per heavy atom. The molecule has 0 heterocycles. The third-order valence-electron chi connectivity index (χ3n) is 1.56. The molecule has 0 rings (SSSR count). The van der Waals surface area contributed by atoms with Crippen LogP contribution in [0.1, 0.15) is 12.8 Å². The van der Waals surface area contributed by atoms with Gasteiger partial charge in [-0.05, 0) is 12.8 Å². The zero-order chi connectivity index (χ0) is 16.0. The van der Waals surface area contributed by atoms with E-state index in [4.69, 9.17) is 44.5 Å². The summed E-state index contributed by atoms with van der Waals surface area (Å²) < 4.78 is 36.9. The fourth-order valence-electron chi connectivity index (χ4n) is 0.897. The van der Waals surface area contributed by atoms with Crippen molar-refractivity contribution < 1.29 is 22.3 Å². The van der Waals surface area contributed by atoms with Crippen LogP contribution in [0.3, 0.4) is 0 Å². The minimum absolute atomic E-state index is 0.0133. The topological polar surface area (TPSA) is 208 Å². The maximum absolute atomic E-state index is 8.74. The van der Waals surface area contributed by atoms with E-state index in [2.05, 4.69) is 10.6 Å². The number of ether oxygens (including phenoxy) is 1. The van der Waals surface area contributed by atoms with E-state index in [0.29, 0.717) is 26.3 Å². The molecule has 0 aliphatic rings. The lowest BCUT2D eigenvalue weighted by atomic mass is 10.4. The molecule has 0 saturated heterocycles. The molecule has 0 fully saturated rings. The predicted molar refractivity (Wildman–Crippen MR) is 74.1 cm³/mol. The maximum atomic E-state index is 8.74. The van der Waals surface area contributed by atoms with E-state index in [0.717, 1.165) is 12.8 Å².